The third-order valence-electron chi connectivity index (χ3n) is 4.82. The van der Waals surface area contributed by atoms with Gasteiger partial charge in [-0.2, -0.15) is 4.31 Å². The summed E-state index contributed by atoms with van der Waals surface area (Å²) in [5, 5.41) is 4.23. The first-order valence-corrected chi connectivity index (χ1v) is 11.6. The van der Waals surface area contributed by atoms with Crippen LogP contribution in [0, 0.1) is 17.5 Å². The maximum atomic E-state index is 14.3. The van der Waals surface area contributed by atoms with Gasteiger partial charge in [-0.05, 0) is 49.2 Å². The Kier molecular flexibility index (Phi) is 5.82. The number of halogens is 3. The Labute approximate surface area is 180 Å². The van der Waals surface area contributed by atoms with E-state index in [1.807, 2.05) is 0 Å². The van der Waals surface area contributed by atoms with Crippen molar-refractivity contribution >= 4 is 32.4 Å². The zero-order chi connectivity index (χ0) is 22.2. The van der Waals surface area contributed by atoms with Gasteiger partial charge in [0.1, 0.15) is 10.7 Å². The molecule has 0 atom stereocenters. The summed E-state index contributed by atoms with van der Waals surface area (Å²) in [6.45, 7) is 0.619. The van der Waals surface area contributed by atoms with Crippen molar-refractivity contribution in [3.05, 3.63) is 64.8 Å². The summed E-state index contributed by atoms with van der Waals surface area (Å²) in [6, 6.07) is 6.44. The lowest BCUT2D eigenvalue weighted by Crippen LogP contribution is -2.29. The van der Waals surface area contributed by atoms with E-state index in [0.717, 1.165) is 35.6 Å². The number of nitrogens with one attached hydrogen (secondary N) is 1. The normalized spacial score (nSPS) is 14.7. The van der Waals surface area contributed by atoms with E-state index >= 15 is 0 Å². The van der Waals surface area contributed by atoms with Crippen LogP contribution in [0.2, 0.25) is 0 Å². The maximum Gasteiger partial charge on any atom is 0.257 e. The van der Waals surface area contributed by atoms with E-state index in [1.54, 1.807) is 5.38 Å². The second-order valence-electron chi connectivity index (χ2n) is 6.88. The number of nitrogens with zero attached hydrogens (tertiary/aromatic N) is 2. The van der Waals surface area contributed by atoms with Gasteiger partial charge in [-0.25, -0.2) is 26.6 Å². The van der Waals surface area contributed by atoms with Gasteiger partial charge in [-0.1, -0.05) is 0 Å². The van der Waals surface area contributed by atoms with Gasteiger partial charge >= 0.3 is 0 Å². The van der Waals surface area contributed by atoms with Crippen molar-refractivity contribution in [1.82, 2.24) is 9.29 Å². The lowest BCUT2D eigenvalue weighted by molar-refractivity contribution is 0.102. The first kappa shape index (κ1) is 21.5. The molecule has 11 heteroatoms. The summed E-state index contributed by atoms with van der Waals surface area (Å²) in [5.41, 5.74) is 0.607. The summed E-state index contributed by atoms with van der Waals surface area (Å²) in [4.78, 5) is 16.2. The molecule has 0 radical (unpaired) electrons. The van der Waals surface area contributed by atoms with Gasteiger partial charge in [0.05, 0.1) is 5.69 Å². The molecule has 6 nitrogen and oxygen atoms in total. The molecule has 0 aliphatic carbocycles. The smallest absolute Gasteiger partial charge is 0.257 e. The maximum absolute atomic E-state index is 14.3. The highest BCUT2D eigenvalue weighted by atomic mass is 32.2. The van der Waals surface area contributed by atoms with Crippen LogP contribution in [-0.2, 0) is 10.0 Å². The molecule has 0 spiro atoms. The number of thiazole rings is 1. The van der Waals surface area contributed by atoms with Crippen LogP contribution in [0.3, 0.4) is 0 Å². The first-order valence-electron chi connectivity index (χ1n) is 9.28. The van der Waals surface area contributed by atoms with Crippen molar-refractivity contribution in [3.63, 3.8) is 0 Å². The fraction of sp³-hybridized carbons (Fsp3) is 0.200. The third kappa shape index (κ3) is 4.34. The summed E-state index contributed by atoms with van der Waals surface area (Å²) in [7, 11) is -4.04. The number of anilines is 1. The molecule has 3 aromatic rings. The molecule has 1 aliphatic rings. The largest absolute Gasteiger partial charge is 0.298 e. The van der Waals surface area contributed by atoms with Crippen molar-refractivity contribution in [2.24, 2.45) is 0 Å². The molecule has 1 saturated heterocycles. The number of carbonyl (C=O) groups is 1. The Morgan fingerprint density at radius 1 is 1.00 bits per heavy atom. The molecule has 1 aliphatic heterocycles. The van der Waals surface area contributed by atoms with Gasteiger partial charge < -0.3 is 0 Å². The van der Waals surface area contributed by atoms with Crippen molar-refractivity contribution in [3.8, 4) is 11.3 Å². The second kappa shape index (κ2) is 8.40. The van der Waals surface area contributed by atoms with Gasteiger partial charge in [0.15, 0.2) is 16.8 Å². The number of carbonyl (C=O) groups excluding carboxylic acids is 1. The highest BCUT2D eigenvalue weighted by Crippen LogP contribution is 2.28. The van der Waals surface area contributed by atoms with Crippen molar-refractivity contribution in [2.75, 3.05) is 18.4 Å². The molecule has 162 valence electrons. The molecule has 1 amide bonds. The third-order valence-corrected chi connectivity index (χ3v) is 7.49. The molecule has 1 fully saturated rings. The van der Waals surface area contributed by atoms with Crippen LogP contribution < -0.4 is 5.32 Å². The topological polar surface area (TPSA) is 79.4 Å². The summed E-state index contributed by atoms with van der Waals surface area (Å²) in [6.07, 6.45) is 1.40. The molecule has 1 aromatic heterocycles. The van der Waals surface area contributed by atoms with Crippen molar-refractivity contribution in [1.29, 1.82) is 0 Å². The summed E-state index contributed by atoms with van der Waals surface area (Å²) < 4.78 is 67.4. The Hall–Kier alpha value is -2.76. The first-order chi connectivity index (χ1) is 14.8. The van der Waals surface area contributed by atoms with Crippen LogP contribution in [0.15, 0.2) is 46.7 Å². The molecule has 0 unspecified atom stereocenters. The van der Waals surface area contributed by atoms with Gasteiger partial charge in [-0.3, -0.25) is 10.1 Å². The van der Waals surface area contributed by atoms with Crippen LogP contribution >= 0.6 is 11.3 Å². The Bertz CT molecular complexity index is 1260. The average Bonchev–Trinajstić information content (AvgIpc) is 3.43. The lowest BCUT2D eigenvalue weighted by Gasteiger charge is -2.16. The predicted octanol–water partition coefficient (Wildman–Crippen LogP) is 4.26. The SMILES string of the molecule is O=C(Nc1nc(-c2ccc(F)c(F)c2)cs1)c1ccc(F)c(S(=O)(=O)N2CCCC2)c1. The number of amides is 1. The van der Waals surface area contributed by atoms with Crippen LogP contribution in [0.25, 0.3) is 11.3 Å². The number of hydrogen-bond acceptors (Lipinski definition) is 5. The van der Waals surface area contributed by atoms with E-state index in [2.05, 4.69) is 10.3 Å². The fourth-order valence-electron chi connectivity index (χ4n) is 3.20. The van der Waals surface area contributed by atoms with Gasteiger partial charge in [-0.15, -0.1) is 11.3 Å². The van der Waals surface area contributed by atoms with Crippen LogP contribution in [0.4, 0.5) is 18.3 Å². The molecule has 4 rings (SSSR count). The Balaban J connectivity index is 1.55. The Morgan fingerprint density at radius 3 is 2.42 bits per heavy atom. The van der Waals surface area contributed by atoms with E-state index in [4.69, 9.17) is 0 Å². The number of hydrogen-bond donors (Lipinski definition) is 1. The molecule has 2 heterocycles. The monoisotopic (exact) mass is 467 g/mol. The fourth-order valence-corrected chi connectivity index (χ4v) is 5.52. The molecule has 2 aromatic carbocycles. The molecular formula is C20H16F3N3O3S2. The number of aromatic nitrogens is 1. The van der Waals surface area contributed by atoms with E-state index in [9.17, 15) is 26.4 Å². The Morgan fingerprint density at radius 2 is 1.71 bits per heavy atom. The zero-order valence-electron chi connectivity index (χ0n) is 15.9. The minimum atomic E-state index is -4.04. The van der Waals surface area contributed by atoms with Crippen LogP contribution in [-0.4, -0.2) is 36.7 Å². The van der Waals surface area contributed by atoms with E-state index < -0.39 is 38.3 Å². The quantitative estimate of drug-likeness (QED) is 0.608. The molecule has 0 bridgehead atoms. The van der Waals surface area contributed by atoms with Gasteiger partial charge in [0.25, 0.3) is 5.91 Å². The summed E-state index contributed by atoms with van der Waals surface area (Å²) >= 11 is 1.05. The highest BCUT2D eigenvalue weighted by Gasteiger charge is 2.30. The minimum Gasteiger partial charge on any atom is -0.298 e. The van der Waals surface area contributed by atoms with E-state index in [1.165, 1.54) is 16.4 Å². The zero-order valence-corrected chi connectivity index (χ0v) is 17.6. The number of sulfonamides is 1. The van der Waals surface area contributed by atoms with Gasteiger partial charge in [0, 0.05) is 29.6 Å². The predicted molar refractivity (Wildman–Crippen MR) is 110 cm³/mol. The van der Waals surface area contributed by atoms with Crippen molar-refractivity contribution in [2.45, 2.75) is 17.7 Å². The van der Waals surface area contributed by atoms with Crippen LogP contribution in [0.5, 0.6) is 0 Å². The minimum absolute atomic E-state index is 0.0521. The van der Waals surface area contributed by atoms with Crippen molar-refractivity contribution < 1.29 is 26.4 Å². The average molecular weight is 467 g/mol. The molecule has 0 saturated carbocycles. The molecular weight excluding hydrogens is 451 g/mol. The lowest BCUT2D eigenvalue weighted by atomic mass is 10.2. The van der Waals surface area contributed by atoms with E-state index in [0.29, 0.717) is 37.2 Å². The number of benzene rings is 2. The van der Waals surface area contributed by atoms with Gasteiger partial charge in [0.2, 0.25) is 10.0 Å². The highest BCUT2D eigenvalue weighted by molar-refractivity contribution is 7.89. The second-order valence-corrected chi connectivity index (χ2v) is 9.64. The number of rotatable bonds is 5. The standard InChI is InChI=1S/C20H16F3N3O3S2/c21-14-5-3-12(9-16(14)23)17-11-30-20(24-17)25-19(27)13-4-6-15(22)18(10-13)31(28,29)26-7-1-2-8-26/h3-6,9-11H,1-2,7-8H2,(H,24,25,27). The van der Waals surface area contributed by atoms with Crippen LogP contribution in [0.1, 0.15) is 23.2 Å². The summed E-state index contributed by atoms with van der Waals surface area (Å²) in [5.74, 6) is -3.61. The van der Waals surface area contributed by atoms with E-state index in [-0.39, 0.29) is 10.7 Å². The molecule has 1 N–H and O–H groups in total. The molecule has 31 heavy (non-hydrogen) atoms.